The molecule has 2 heterocycles. The molecule has 8 heteroatoms. The van der Waals surface area contributed by atoms with Crippen molar-refractivity contribution >= 4 is 39.9 Å². The number of aromatic nitrogens is 1. The molecular formula is C18H21N3O3S2. The Bertz CT molecular complexity index is 829. The van der Waals surface area contributed by atoms with Gasteiger partial charge in [-0.1, -0.05) is 35.7 Å². The molecule has 1 saturated heterocycles. The van der Waals surface area contributed by atoms with Gasteiger partial charge in [0.25, 0.3) is 0 Å². The number of anilines is 2. The third-order valence-corrected chi connectivity index (χ3v) is 5.98. The number of aromatic carboxylic acids is 1. The van der Waals surface area contributed by atoms with Crippen LogP contribution in [0.2, 0.25) is 0 Å². The fourth-order valence-electron chi connectivity index (χ4n) is 2.70. The second-order valence-electron chi connectivity index (χ2n) is 6.03. The molecule has 3 N–H and O–H groups in total. The minimum absolute atomic E-state index is 0.283. The van der Waals surface area contributed by atoms with Gasteiger partial charge in [-0.2, -0.15) is 0 Å². The lowest BCUT2D eigenvalue weighted by atomic mass is 10.1. The number of benzene rings is 1. The lowest BCUT2D eigenvalue weighted by Crippen LogP contribution is -2.36. The van der Waals surface area contributed by atoms with Crippen LogP contribution in [0.5, 0.6) is 0 Å². The molecule has 0 aliphatic carbocycles. The van der Waals surface area contributed by atoms with E-state index in [1.165, 1.54) is 23.1 Å². The highest BCUT2D eigenvalue weighted by Crippen LogP contribution is 2.32. The van der Waals surface area contributed by atoms with Gasteiger partial charge in [-0.25, -0.2) is 9.78 Å². The SMILES string of the molecule is C=C(C)Sc1ccc(Cc2nc(N3CCOCC3)sc2C(=O)O)cc1N. The highest BCUT2D eigenvalue weighted by molar-refractivity contribution is 8.03. The van der Waals surface area contributed by atoms with Crippen LogP contribution in [0.1, 0.15) is 27.9 Å². The van der Waals surface area contributed by atoms with Gasteiger partial charge in [-0.15, -0.1) is 0 Å². The van der Waals surface area contributed by atoms with Crippen LogP contribution >= 0.6 is 23.1 Å². The molecule has 26 heavy (non-hydrogen) atoms. The van der Waals surface area contributed by atoms with Crippen LogP contribution in [0.3, 0.4) is 0 Å². The van der Waals surface area contributed by atoms with Crippen molar-refractivity contribution in [2.24, 2.45) is 0 Å². The van der Waals surface area contributed by atoms with Crippen molar-refractivity contribution in [1.29, 1.82) is 0 Å². The van der Waals surface area contributed by atoms with Crippen LogP contribution in [0.15, 0.2) is 34.6 Å². The van der Waals surface area contributed by atoms with E-state index in [9.17, 15) is 9.90 Å². The summed E-state index contributed by atoms with van der Waals surface area (Å²) >= 11 is 2.75. The van der Waals surface area contributed by atoms with Gasteiger partial charge in [0.1, 0.15) is 4.88 Å². The lowest BCUT2D eigenvalue weighted by molar-refractivity contribution is 0.0701. The number of nitrogens with zero attached hydrogens (tertiary/aromatic N) is 2. The molecule has 1 aliphatic rings. The van der Waals surface area contributed by atoms with Gasteiger partial charge in [0.15, 0.2) is 5.13 Å². The van der Waals surface area contributed by atoms with E-state index >= 15 is 0 Å². The molecule has 1 aromatic heterocycles. The third kappa shape index (κ3) is 4.38. The average Bonchev–Trinajstić information content (AvgIpc) is 3.02. The van der Waals surface area contributed by atoms with Crippen LogP contribution in [-0.4, -0.2) is 42.4 Å². The number of hydrogen-bond donors (Lipinski definition) is 2. The summed E-state index contributed by atoms with van der Waals surface area (Å²) in [6.07, 6.45) is 0.435. The first-order valence-corrected chi connectivity index (χ1v) is 9.85. The number of nitrogen functional groups attached to an aromatic ring is 1. The molecule has 0 spiro atoms. The van der Waals surface area contributed by atoms with Gasteiger partial charge in [-0.05, 0) is 29.5 Å². The van der Waals surface area contributed by atoms with Gasteiger partial charge < -0.3 is 20.5 Å². The zero-order valence-corrected chi connectivity index (χ0v) is 16.2. The van der Waals surface area contributed by atoms with Crippen molar-refractivity contribution in [3.8, 4) is 0 Å². The fraction of sp³-hybridized carbons (Fsp3) is 0.333. The third-order valence-electron chi connectivity index (χ3n) is 3.89. The monoisotopic (exact) mass is 391 g/mol. The Labute approximate surface area is 160 Å². The summed E-state index contributed by atoms with van der Waals surface area (Å²) in [5, 5.41) is 10.3. The number of rotatable bonds is 6. The number of hydrogen-bond acceptors (Lipinski definition) is 7. The van der Waals surface area contributed by atoms with Crippen LogP contribution in [0.25, 0.3) is 0 Å². The highest BCUT2D eigenvalue weighted by Gasteiger charge is 2.22. The molecule has 0 atom stereocenters. The molecule has 0 radical (unpaired) electrons. The van der Waals surface area contributed by atoms with Crippen LogP contribution < -0.4 is 10.6 Å². The van der Waals surface area contributed by atoms with Crippen LogP contribution in [0, 0.1) is 0 Å². The maximum absolute atomic E-state index is 11.6. The van der Waals surface area contributed by atoms with E-state index in [1.54, 1.807) is 0 Å². The summed E-state index contributed by atoms with van der Waals surface area (Å²) in [4.78, 5) is 20.5. The smallest absolute Gasteiger partial charge is 0.347 e. The summed E-state index contributed by atoms with van der Waals surface area (Å²) in [7, 11) is 0. The molecule has 2 aromatic rings. The number of nitrogens with two attached hydrogens (primary N) is 1. The molecule has 6 nitrogen and oxygen atoms in total. The minimum atomic E-state index is -0.945. The Kier molecular flexibility index (Phi) is 5.85. The molecule has 3 rings (SSSR count). The number of thioether (sulfide) groups is 1. The van der Waals surface area contributed by atoms with E-state index in [0.29, 0.717) is 31.0 Å². The summed E-state index contributed by atoms with van der Waals surface area (Å²) in [6, 6.07) is 5.78. The molecule has 0 unspecified atom stereocenters. The van der Waals surface area contributed by atoms with Crippen LogP contribution in [0.4, 0.5) is 10.8 Å². The molecule has 1 aromatic carbocycles. The Hall–Kier alpha value is -2.03. The summed E-state index contributed by atoms with van der Waals surface area (Å²) in [5.74, 6) is -0.945. The van der Waals surface area contributed by atoms with Crippen molar-refractivity contribution in [3.63, 3.8) is 0 Å². The number of carboxylic acids is 1. The van der Waals surface area contributed by atoms with Crippen molar-refractivity contribution < 1.29 is 14.6 Å². The number of carboxylic acid groups (broad SMARTS) is 1. The first-order chi connectivity index (χ1) is 12.4. The zero-order chi connectivity index (χ0) is 18.7. The second kappa shape index (κ2) is 8.11. The van der Waals surface area contributed by atoms with E-state index in [-0.39, 0.29) is 4.88 Å². The Morgan fingerprint density at radius 3 is 2.81 bits per heavy atom. The normalized spacial score (nSPS) is 14.4. The highest BCUT2D eigenvalue weighted by atomic mass is 32.2. The Morgan fingerprint density at radius 1 is 1.46 bits per heavy atom. The lowest BCUT2D eigenvalue weighted by Gasteiger charge is -2.26. The minimum Gasteiger partial charge on any atom is -0.477 e. The Balaban J connectivity index is 1.84. The van der Waals surface area contributed by atoms with Crippen molar-refractivity contribution in [3.05, 3.63) is 45.8 Å². The predicted molar refractivity (Wildman–Crippen MR) is 106 cm³/mol. The van der Waals surface area contributed by atoms with E-state index in [2.05, 4.69) is 16.5 Å². The first kappa shape index (κ1) is 18.8. The molecule has 0 saturated carbocycles. The van der Waals surface area contributed by atoms with Crippen molar-refractivity contribution in [2.75, 3.05) is 36.9 Å². The number of ether oxygens (including phenoxy) is 1. The Morgan fingerprint density at radius 2 is 2.19 bits per heavy atom. The second-order valence-corrected chi connectivity index (χ2v) is 8.35. The van der Waals surface area contributed by atoms with E-state index < -0.39 is 5.97 Å². The molecule has 0 bridgehead atoms. The summed E-state index contributed by atoms with van der Waals surface area (Å²) < 4.78 is 5.35. The molecule has 1 aliphatic heterocycles. The molecule has 138 valence electrons. The quantitative estimate of drug-likeness (QED) is 0.576. The fourth-order valence-corrected chi connectivity index (χ4v) is 4.36. The van der Waals surface area contributed by atoms with Gasteiger partial charge in [0, 0.05) is 30.1 Å². The number of morpholine rings is 1. The predicted octanol–water partition coefficient (Wildman–Crippen LogP) is 3.48. The number of thiazole rings is 1. The number of allylic oxidation sites excluding steroid dienone is 1. The summed E-state index contributed by atoms with van der Waals surface area (Å²) in [5.41, 5.74) is 8.30. The topological polar surface area (TPSA) is 88.7 Å². The standard InChI is InChI=1S/C18H21N3O3S2/c1-11(2)25-15-4-3-12(9-13(15)19)10-14-16(17(22)23)26-18(20-14)21-5-7-24-8-6-21/h3-4,9H,1,5-8,10,19H2,2H3,(H,22,23). The van der Waals surface area contributed by atoms with Gasteiger partial charge >= 0.3 is 5.97 Å². The van der Waals surface area contributed by atoms with E-state index in [1.807, 2.05) is 25.1 Å². The van der Waals surface area contributed by atoms with Crippen molar-refractivity contribution in [2.45, 2.75) is 18.2 Å². The summed E-state index contributed by atoms with van der Waals surface area (Å²) in [6.45, 7) is 8.54. The van der Waals surface area contributed by atoms with Gasteiger partial charge in [-0.3, -0.25) is 0 Å². The zero-order valence-electron chi connectivity index (χ0n) is 14.5. The molecule has 0 amide bonds. The number of carbonyl (C=O) groups is 1. The van der Waals surface area contributed by atoms with E-state index in [4.69, 9.17) is 10.5 Å². The maximum Gasteiger partial charge on any atom is 0.347 e. The maximum atomic E-state index is 11.6. The molecule has 1 fully saturated rings. The largest absolute Gasteiger partial charge is 0.477 e. The first-order valence-electron chi connectivity index (χ1n) is 8.21. The molecular weight excluding hydrogens is 370 g/mol. The van der Waals surface area contributed by atoms with Gasteiger partial charge in [0.05, 0.1) is 18.9 Å². The van der Waals surface area contributed by atoms with Crippen molar-refractivity contribution in [1.82, 2.24) is 4.98 Å². The average molecular weight is 392 g/mol. The van der Waals surface area contributed by atoms with Gasteiger partial charge in [0.2, 0.25) is 0 Å². The van der Waals surface area contributed by atoms with E-state index in [0.717, 1.165) is 33.6 Å². The van der Waals surface area contributed by atoms with Crippen LogP contribution in [-0.2, 0) is 11.2 Å².